The summed E-state index contributed by atoms with van der Waals surface area (Å²) < 4.78 is 63.5. The van der Waals surface area contributed by atoms with Gasteiger partial charge in [-0.3, -0.25) is 14.4 Å². The lowest BCUT2D eigenvalue weighted by atomic mass is 10.2. The van der Waals surface area contributed by atoms with Crippen molar-refractivity contribution in [2.24, 2.45) is 0 Å². The average molecular weight is 587 g/mol. The van der Waals surface area contributed by atoms with Crippen molar-refractivity contribution in [2.45, 2.75) is 78.4 Å². The molecule has 40 heavy (non-hydrogen) atoms. The van der Waals surface area contributed by atoms with E-state index in [9.17, 15) is 31.9 Å². The molecule has 2 aromatic rings. The van der Waals surface area contributed by atoms with Crippen LogP contribution in [-0.2, 0) is 23.9 Å². The molecule has 7 nitrogen and oxygen atoms in total. The summed E-state index contributed by atoms with van der Waals surface area (Å²) in [7, 11) is 0. The van der Waals surface area contributed by atoms with Gasteiger partial charge in [-0.15, -0.1) is 0 Å². The van der Waals surface area contributed by atoms with Gasteiger partial charge in [0.2, 0.25) is 5.91 Å². The molecule has 0 saturated heterocycles. The summed E-state index contributed by atoms with van der Waals surface area (Å²) in [6.07, 6.45) is -0.140. The molecule has 0 aliphatic heterocycles. The van der Waals surface area contributed by atoms with Crippen LogP contribution in [0.15, 0.2) is 36.4 Å². The van der Waals surface area contributed by atoms with Gasteiger partial charge in [-0.2, -0.15) is 0 Å². The molecular formula is C28H34F4N2O5S. The maximum absolute atomic E-state index is 13.4. The minimum Gasteiger partial charge on any atom is -0.460 e. The largest absolute Gasteiger partial charge is 0.460 e. The Hall–Kier alpha value is -3.54. The van der Waals surface area contributed by atoms with Crippen LogP contribution < -0.4 is 10.6 Å². The highest BCUT2D eigenvalue weighted by molar-refractivity contribution is 7.80. The summed E-state index contributed by atoms with van der Waals surface area (Å²) in [6.45, 7) is 10.4. The van der Waals surface area contributed by atoms with E-state index >= 15 is 0 Å². The number of nitrogens with one attached hydrogen (secondary N) is 2. The van der Waals surface area contributed by atoms with Gasteiger partial charge in [0.05, 0.1) is 17.8 Å². The van der Waals surface area contributed by atoms with Gasteiger partial charge in [0.25, 0.3) is 0 Å². The lowest BCUT2D eigenvalue weighted by Crippen LogP contribution is -2.25. The fraction of sp³-hybridized carbons (Fsp3) is 0.429. The van der Waals surface area contributed by atoms with E-state index in [4.69, 9.17) is 21.7 Å². The molecular weight excluding hydrogens is 552 g/mol. The molecule has 2 rings (SSSR count). The Bertz CT molecular complexity index is 1080. The number of para-hydroxylation sites is 2. The minimum absolute atomic E-state index is 0.0547. The Morgan fingerprint density at radius 2 is 1.00 bits per heavy atom. The molecule has 2 aromatic carbocycles. The number of esters is 2. The third-order valence-electron chi connectivity index (χ3n) is 4.41. The van der Waals surface area contributed by atoms with Crippen molar-refractivity contribution in [1.29, 1.82) is 0 Å². The zero-order valence-electron chi connectivity index (χ0n) is 23.3. The fourth-order valence-electron chi connectivity index (χ4n) is 2.85. The maximum atomic E-state index is 13.4. The zero-order chi connectivity index (χ0) is 30.7. The first-order valence-corrected chi connectivity index (χ1v) is 12.7. The van der Waals surface area contributed by atoms with E-state index in [0.29, 0.717) is 0 Å². The second kappa shape index (κ2) is 15.3. The number of anilines is 2. The second-order valence-corrected chi connectivity index (χ2v) is 11.0. The molecule has 12 heteroatoms. The summed E-state index contributed by atoms with van der Waals surface area (Å²) in [6, 6.07) is 6.78. The van der Waals surface area contributed by atoms with Crippen molar-refractivity contribution in [1.82, 2.24) is 0 Å². The van der Waals surface area contributed by atoms with Gasteiger partial charge in [0.15, 0.2) is 0 Å². The molecule has 1 amide bonds. The number of hydrogen-bond acceptors (Lipinski definition) is 6. The lowest BCUT2D eigenvalue weighted by Gasteiger charge is -2.19. The highest BCUT2D eigenvalue weighted by Gasteiger charge is 2.19. The zero-order valence-corrected chi connectivity index (χ0v) is 24.1. The highest BCUT2D eigenvalue weighted by Crippen LogP contribution is 2.20. The Labute approximate surface area is 236 Å². The van der Waals surface area contributed by atoms with Gasteiger partial charge in [-0.05, 0) is 65.8 Å². The molecule has 0 heterocycles. The predicted molar refractivity (Wildman–Crippen MR) is 148 cm³/mol. The minimum atomic E-state index is -0.865. The van der Waals surface area contributed by atoms with Crippen molar-refractivity contribution in [3.63, 3.8) is 0 Å². The summed E-state index contributed by atoms with van der Waals surface area (Å²) in [5.41, 5.74) is -2.02. The summed E-state index contributed by atoms with van der Waals surface area (Å²) in [4.78, 5) is 34.6. The summed E-state index contributed by atoms with van der Waals surface area (Å²) in [5, 5.41) is 4.57. The van der Waals surface area contributed by atoms with Crippen molar-refractivity contribution in [3.8, 4) is 0 Å². The van der Waals surface area contributed by atoms with Crippen LogP contribution in [0.3, 0.4) is 0 Å². The van der Waals surface area contributed by atoms with E-state index in [0.717, 1.165) is 24.3 Å². The topological polar surface area (TPSA) is 93.7 Å². The molecule has 0 aromatic heterocycles. The quantitative estimate of drug-likeness (QED) is 0.199. The third kappa shape index (κ3) is 14.0. The van der Waals surface area contributed by atoms with E-state index in [1.165, 1.54) is 12.1 Å². The van der Waals surface area contributed by atoms with Gasteiger partial charge in [0, 0.05) is 12.8 Å². The first kappa shape index (κ1) is 34.5. The Morgan fingerprint density at radius 3 is 1.38 bits per heavy atom. The van der Waals surface area contributed by atoms with Gasteiger partial charge in [-0.1, -0.05) is 24.4 Å². The van der Waals surface area contributed by atoms with Crippen molar-refractivity contribution in [3.05, 3.63) is 59.7 Å². The van der Waals surface area contributed by atoms with Crippen molar-refractivity contribution < 1.29 is 41.4 Å². The van der Waals surface area contributed by atoms with Crippen LogP contribution in [0.4, 0.5) is 28.9 Å². The molecule has 220 valence electrons. The van der Waals surface area contributed by atoms with E-state index in [-0.39, 0.29) is 36.4 Å². The van der Waals surface area contributed by atoms with Gasteiger partial charge >= 0.3 is 11.9 Å². The van der Waals surface area contributed by atoms with Crippen LogP contribution in [0.1, 0.15) is 67.2 Å². The van der Waals surface area contributed by atoms with Crippen LogP contribution in [0.25, 0.3) is 0 Å². The number of amides is 1. The SMILES string of the molecule is CC(C)(C)OC(=O)CCC(=O)Nc1c(F)cccc1F.CC(C)(C)OC(=O)CCC(=S)Nc1c(F)cccc1F. The normalized spacial score (nSPS) is 11.1. The van der Waals surface area contributed by atoms with Crippen LogP contribution >= 0.6 is 12.2 Å². The maximum Gasteiger partial charge on any atom is 0.306 e. The molecule has 2 N–H and O–H groups in total. The highest BCUT2D eigenvalue weighted by atomic mass is 32.1. The first-order valence-electron chi connectivity index (χ1n) is 12.3. The van der Waals surface area contributed by atoms with E-state index in [2.05, 4.69) is 10.6 Å². The molecule has 0 saturated carbocycles. The summed E-state index contributed by atoms with van der Waals surface area (Å²) in [5.74, 6) is -4.79. The fourth-order valence-corrected chi connectivity index (χ4v) is 3.06. The number of hydrogen-bond donors (Lipinski definition) is 2. The van der Waals surface area contributed by atoms with Gasteiger partial charge in [-0.25, -0.2) is 17.6 Å². The smallest absolute Gasteiger partial charge is 0.306 e. The molecule has 0 spiro atoms. The van der Waals surface area contributed by atoms with E-state index in [1.54, 1.807) is 41.5 Å². The monoisotopic (exact) mass is 586 g/mol. The van der Waals surface area contributed by atoms with Crippen LogP contribution in [0.5, 0.6) is 0 Å². The number of carbonyl (C=O) groups is 3. The molecule has 0 fully saturated rings. The second-order valence-electron chi connectivity index (χ2n) is 10.5. The van der Waals surface area contributed by atoms with Crippen molar-refractivity contribution >= 4 is 46.4 Å². The Morgan fingerprint density at radius 1 is 0.650 bits per heavy atom. The molecule has 0 atom stereocenters. The number of carbonyl (C=O) groups excluding carboxylic acids is 3. The molecule has 0 radical (unpaired) electrons. The van der Waals surface area contributed by atoms with E-state index in [1.807, 2.05) is 0 Å². The number of thiocarbonyl (C=S) groups is 1. The molecule has 0 unspecified atom stereocenters. The number of halogens is 4. The predicted octanol–water partition coefficient (Wildman–Crippen LogP) is 6.85. The molecule has 0 aliphatic rings. The Balaban J connectivity index is 0.000000400. The van der Waals surface area contributed by atoms with Gasteiger partial charge < -0.3 is 20.1 Å². The van der Waals surface area contributed by atoms with E-state index < -0.39 is 58.0 Å². The molecule has 0 bridgehead atoms. The Kier molecular flexibility index (Phi) is 13.2. The first-order chi connectivity index (χ1) is 18.4. The standard InChI is InChI=1S/C14H17F2NO3.C14H17F2NO2S/c1-14(2,3)20-12(19)8-7-11(18)17-13-9(15)5-4-6-10(13)16;1-14(2,3)19-12(18)8-7-11(20)17-13-9(15)5-4-6-10(13)16/h4-6H,7-8H2,1-3H3,(H,17,18);4-6H,7-8H2,1-3H3,(H,17,20). The summed E-state index contributed by atoms with van der Waals surface area (Å²) >= 11 is 4.96. The lowest BCUT2D eigenvalue weighted by molar-refractivity contribution is -0.156. The number of rotatable bonds is 8. The van der Waals surface area contributed by atoms with Crippen LogP contribution in [0, 0.1) is 23.3 Å². The van der Waals surface area contributed by atoms with Crippen LogP contribution in [0.2, 0.25) is 0 Å². The number of ether oxygens (including phenoxy) is 2. The average Bonchev–Trinajstić information content (AvgIpc) is 2.80. The molecule has 0 aliphatic carbocycles. The van der Waals surface area contributed by atoms with Crippen LogP contribution in [-0.4, -0.2) is 34.0 Å². The number of benzene rings is 2. The third-order valence-corrected chi connectivity index (χ3v) is 4.71. The van der Waals surface area contributed by atoms with Gasteiger partial charge in [0.1, 0.15) is 45.8 Å². The van der Waals surface area contributed by atoms with Crippen molar-refractivity contribution in [2.75, 3.05) is 10.6 Å².